The summed E-state index contributed by atoms with van der Waals surface area (Å²) < 4.78 is 0. The van der Waals surface area contributed by atoms with E-state index in [1.807, 2.05) is 24.3 Å². The average Bonchev–Trinajstić information content (AvgIpc) is 2.67. The Kier molecular flexibility index (Phi) is 5.43. The number of nitrogens with two attached hydrogens (primary N) is 1. The molecule has 0 fully saturated rings. The Hall–Kier alpha value is -3.41. The Morgan fingerprint density at radius 2 is 1.81 bits per heavy atom. The molecule has 1 atom stereocenters. The molecule has 3 rings (SSSR count). The van der Waals surface area contributed by atoms with Crippen LogP contribution in [0.25, 0.3) is 0 Å². The van der Waals surface area contributed by atoms with Gasteiger partial charge in [0.2, 0.25) is 11.9 Å². The molecular weight excluding hydrogens is 326 g/mol. The smallest absolute Gasteiger partial charge is 0.248 e. The summed E-state index contributed by atoms with van der Waals surface area (Å²) in [5.74, 6) is 1.14. The third-order valence-electron chi connectivity index (χ3n) is 4.04. The number of amides is 1. The number of carbonyl (C=O) groups excluding carboxylic acids is 1. The molecule has 0 aliphatic rings. The van der Waals surface area contributed by atoms with Crippen LogP contribution in [0.2, 0.25) is 0 Å². The lowest BCUT2D eigenvalue weighted by Gasteiger charge is -2.14. The largest absolute Gasteiger partial charge is 0.369 e. The lowest BCUT2D eigenvalue weighted by atomic mass is 10.0. The number of hydrogen-bond donors (Lipinski definition) is 3. The highest BCUT2D eigenvalue weighted by Gasteiger charge is 2.06. The van der Waals surface area contributed by atoms with Gasteiger partial charge in [-0.3, -0.25) is 4.79 Å². The fourth-order valence-corrected chi connectivity index (χ4v) is 2.52. The first kappa shape index (κ1) is 17.4. The second-order valence-electron chi connectivity index (χ2n) is 6.02. The van der Waals surface area contributed by atoms with E-state index in [0.29, 0.717) is 17.4 Å². The monoisotopic (exact) mass is 347 g/mol. The Morgan fingerprint density at radius 3 is 2.50 bits per heavy atom. The molecule has 0 bridgehead atoms. The van der Waals surface area contributed by atoms with Crippen LogP contribution in [-0.4, -0.2) is 22.4 Å². The molecule has 0 spiro atoms. The maximum Gasteiger partial charge on any atom is 0.248 e. The van der Waals surface area contributed by atoms with Gasteiger partial charge >= 0.3 is 0 Å². The summed E-state index contributed by atoms with van der Waals surface area (Å²) in [5.41, 5.74) is 7.77. The van der Waals surface area contributed by atoms with Gasteiger partial charge in [0.15, 0.2) is 0 Å². The standard InChI is InChI=1S/C20H21N5O/c1-14(15-5-3-2-4-6-15)13-23-18-11-12-22-20(25-18)24-17-9-7-16(8-10-17)19(21)26/h2-12,14H,13H2,1H3,(H2,21,26)(H2,22,23,24,25)/t14-/m1/s1. The SMILES string of the molecule is C[C@H](CNc1ccnc(Nc2ccc(C(N)=O)cc2)n1)c1ccccc1. The molecule has 6 nitrogen and oxygen atoms in total. The average molecular weight is 347 g/mol. The normalized spacial score (nSPS) is 11.6. The van der Waals surface area contributed by atoms with Crippen LogP contribution in [0, 0.1) is 0 Å². The van der Waals surface area contributed by atoms with Gasteiger partial charge in [0.1, 0.15) is 5.82 Å². The number of anilines is 3. The number of carbonyl (C=O) groups is 1. The van der Waals surface area contributed by atoms with Crippen molar-refractivity contribution in [2.75, 3.05) is 17.2 Å². The van der Waals surface area contributed by atoms with Gasteiger partial charge in [0.05, 0.1) is 0 Å². The van der Waals surface area contributed by atoms with Gasteiger partial charge in [0, 0.05) is 24.0 Å². The zero-order chi connectivity index (χ0) is 18.4. The molecule has 0 saturated carbocycles. The quantitative estimate of drug-likeness (QED) is 0.608. The van der Waals surface area contributed by atoms with E-state index in [1.165, 1.54) is 5.56 Å². The predicted molar refractivity (Wildman–Crippen MR) is 104 cm³/mol. The number of rotatable bonds is 7. The topological polar surface area (TPSA) is 92.9 Å². The number of nitrogens with one attached hydrogen (secondary N) is 2. The molecule has 0 aliphatic carbocycles. The molecule has 4 N–H and O–H groups in total. The van der Waals surface area contributed by atoms with Crippen molar-refractivity contribution < 1.29 is 4.79 Å². The fourth-order valence-electron chi connectivity index (χ4n) is 2.52. The van der Waals surface area contributed by atoms with E-state index < -0.39 is 5.91 Å². The minimum absolute atomic E-state index is 0.365. The first-order valence-corrected chi connectivity index (χ1v) is 8.40. The minimum atomic E-state index is -0.452. The zero-order valence-electron chi connectivity index (χ0n) is 14.5. The second-order valence-corrected chi connectivity index (χ2v) is 6.02. The number of primary amides is 1. The molecule has 0 saturated heterocycles. The number of nitrogens with zero attached hydrogens (tertiary/aromatic N) is 2. The molecule has 1 aromatic heterocycles. The summed E-state index contributed by atoms with van der Waals surface area (Å²) in [6, 6.07) is 19.0. The van der Waals surface area contributed by atoms with Crippen molar-refractivity contribution in [3.05, 3.63) is 78.0 Å². The highest BCUT2D eigenvalue weighted by Crippen LogP contribution is 2.17. The van der Waals surface area contributed by atoms with Crippen molar-refractivity contribution in [3.8, 4) is 0 Å². The van der Waals surface area contributed by atoms with E-state index in [4.69, 9.17) is 5.73 Å². The summed E-state index contributed by atoms with van der Waals surface area (Å²) in [6.07, 6.45) is 1.70. The molecule has 0 aliphatic heterocycles. The number of aromatic nitrogens is 2. The van der Waals surface area contributed by atoms with Crippen LogP contribution < -0.4 is 16.4 Å². The Balaban J connectivity index is 1.62. The van der Waals surface area contributed by atoms with E-state index in [2.05, 4.69) is 39.7 Å². The summed E-state index contributed by atoms with van der Waals surface area (Å²) >= 11 is 0. The molecular formula is C20H21N5O. The van der Waals surface area contributed by atoms with Gasteiger partial charge in [-0.1, -0.05) is 37.3 Å². The Morgan fingerprint density at radius 1 is 1.08 bits per heavy atom. The van der Waals surface area contributed by atoms with Crippen LogP contribution in [-0.2, 0) is 0 Å². The van der Waals surface area contributed by atoms with Crippen molar-refractivity contribution in [1.82, 2.24) is 9.97 Å². The molecule has 1 heterocycles. The van der Waals surface area contributed by atoms with Gasteiger partial charge in [-0.05, 0) is 41.8 Å². The van der Waals surface area contributed by atoms with Crippen molar-refractivity contribution in [2.45, 2.75) is 12.8 Å². The molecule has 26 heavy (non-hydrogen) atoms. The summed E-state index contributed by atoms with van der Waals surface area (Å²) in [6.45, 7) is 2.94. The van der Waals surface area contributed by atoms with E-state index in [9.17, 15) is 4.79 Å². The molecule has 2 aromatic carbocycles. The first-order chi connectivity index (χ1) is 12.6. The van der Waals surface area contributed by atoms with Crippen molar-refractivity contribution in [3.63, 3.8) is 0 Å². The number of benzene rings is 2. The van der Waals surface area contributed by atoms with E-state index in [1.54, 1.807) is 30.5 Å². The van der Waals surface area contributed by atoms with Crippen molar-refractivity contribution in [2.24, 2.45) is 5.73 Å². The van der Waals surface area contributed by atoms with Crippen molar-refractivity contribution >= 4 is 23.4 Å². The second kappa shape index (κ2) is 8.11. The minimum Gasteiger partial charge on any atom is -0.369 e. The van der Waals surface area contributed by atoms with Gasteiger partial charge in [-0.25, -0.2) is 4.98 Å². The lowest BCUT2D eigenvalue weighted by molar-refractivity contribution is 0.100. The predicted octanol–water partition coefficient (Wildman–Crippen LogP) is 3.53. The van der Waals surface area contributed by atoms with Crippen LogP contribution in [0.1, 0.15) is 28.8 Å². The van der Waals surface area contributed by atoms with Crippen LogP contribution in [0.4, 0.5) is 17.5 Å². The summed E-state index contributed by atoms with van der Waals surface area (Å²) in [7, 11) is 0. The van der Waals surface area contributed by atoms with Crippen LogP contribution in [0.15, 0.2) is 66.9 Å². The van der Waals surface area contributed by atoms with Gasteiger partial charge in [-0.15, -0.1) is 0 Å². The third-order valence-corrected chi connectivity index (χ3v) is 4.04. The van der Waals surface area contributed by atoms with E-state index in [0.717, 1.165) is 18.1 Å². The Bertz CT molecular complexity index is 865. The maximum atomic E-state index is 11.1. The summed E-state index contributed by atoms with van der Waals surface area (Å²) in [5, 5.41) is 6.46. The van der Waals surface area contributed by atoms with Gasteiger partial charge in [0.25, 0.3) is 0 Å². The lowest BCUT2D eigenvalue weighted by Crippen LogP contribution is -2.11. The fraction of sp³-hybridized carbons (Fsp3) is 0.150. The zero-order valence-corrected chi connectivity index (χ0v) is 14.5. The highest BCUT2D eigenvalue weighted by atomic mass is 16.1. The van der Waals surface area contributed by atoms with E-state index >= 15 is 0 Å². The molecule has 1 amide bonds. The third kappa shape index (κ3) is 4.57. The number of hydrogen-bond acceptors (Lipinski definition) is 5. The molecule has 0 radical (unpaired) electrons. The van der Waals surface area contributed by atoms with Crippen LogP contribution in [0.3, 0.4) is 0 Å². The van der Waals surface area contributed by atoms with Crippen LogP contribution in [0.5, 0.6) is 0 Å². The maximum absolute atomic E-state index is 11.1. The molecule has 0 unspecified atom stereocenters. The highest BCUT2D eigenvalue weighted by molar-refractivity contribution is 5.93. The molecule has 132 valence electrons. The van der Waals surface area contributed by atoms with E-state index in [-0.39, 0.29) is 0 Å². The van der Waals surface area contributed by atoms with Gasteiger partial charge < -0.3 is 16.4 Å². The summed E-state index contributed by atoms with van der Waals surface area (Å²) in [4.78, 5) is 19.8. The molecule has 6 heteroatoms. The Labute approximate surface area is 152 Å². The molecule has 3 aromatic rings. The first-order valence-electron chi connectivity index (χ1n) is 8.40. The van der Waals surface area contributed by atoms with Crippen molar-refractivity contribution in [1.29, 1.82) is 0 Å². The van der Waals surface area contributed by atoms with Gasteiger partial charge in [-0.2, -0.15) is 4.98 Å². The van der Waals surface area contributed by atoms with Crippen LogP contribution >= 0.6 is 0 Å².